The van der Waals surface area contributed by atoms with E-state index in [1.807, 2.05) is 51.1 Å². The minimum absolute atomic E-state index is 0.0249. The van der Waals surface area contributed by atoms with Crippen molar-refractivity contribution in [3.63, 3.8) is 0 Å². The summed E-state index contributed by atoms with van der Waals surface area (Å²) in [5.41, 5.74) is 4.52. The molecule has 0 N–H and O–H groups in total. The smallest absolute Gasteiger partial charge is 0.268 e. The third-order valence-electron chi connectivity index (χ3n) is 6.86. The molecule has 12 heteroatoms. The molecule has 10 nitrogen and oxygen atoms in total. The molecule has 0 saturated carbocycles. The summed E-state index contributed by atoms with van der Waals surface area (Å²) in [4.78, 5) is 13.2. The lowest BCUT2D eigenvalue weighted by atomic mass is 10.0. The fraction of sp³-hybridized carbons (Fsp3) is 0.233. The van der Waals surface area contributed by atoms with E-state index < -0.39 is 25.0 Å². The molecule has 0 bridgehead atoms. The van der Waals surface area contributed by atoms with E-state index in [-0.39, 0.29) is 34.8 Å². The molecular weight excluding hydrogens is 576 g/mol. The van der Waals surface area contributed by atoms with Gasteiger partial charge in [0.2, 0.25) is 15.7 Å². The van der Waals surface area contributed by atoms with Crippen LogP contribution in [0.5, 0.6) is 11.6 Å². The van der Waals surface area contributed by atoms with Crippen LogP contribution in [0.3, 0.4) is 0 Å². The lowest BCUT2D eigenvalue weighted by molar-refractivity contribution is 0.294. The molecule has 218 valence electrons. The van der Waals surface area contributed by atoms with Crippen LogP contribution in [-0.2, 0) is 32.9 Å². The highest BCUT2D eigenvalue weighted by Crippen LogP contribution is 2.34. The van der Waals surface area contributed by atoms with Crippen LogP contribution in [0, 0.1) is 20.8 Å². The Morgan fingerprint density at radius 3 is 2.24 bits per heavy atom. The van der Waals surface area contributed by atoms with Crippen molar-refractivity contribution in [1.29, 1.82) is 0 Å². The fourth-order valence-corrected chi connectivity index (χ4v) is 6.55. The Balaban J connectivity index is 1.78. The van der Waals surface area contributed by atoms with Crippen molar-refractivity contribution in [2.45, 2.75) is 43.9 Å². The number of aromatic nitrogens is 4. The van der Waals surface area contributed by atoms with Crippen LogP contribution in [-0.4, -0.2) is 49.1 Å². The highest BCUT2D eigenvalue weighted by Gasteiger charge is 2.29. The van der Waals surface area contributed by atoms with E-state index in [4.69, 9.17) is 9.47 Å². The van der Waals surface area contributed by atoms with Crippen LogP contribution >= 0.6 is 0 Å². The maximum Gasteiger partial charge on any atom is 0.268 e. The summed E-state index contributed by atoms with van der Waals surface area (Å²) in [5, 5.41) is -0.476. The molecule has 0 aliphatic rings. The number of rotatable bonds is 9. The molecule has 0 spiro atoms. The van der Waals surface area contributed by atoms with Crippen molar-refractivity contribution in [2.75, 3.05) is 13.4 Å². The van der Waals surface area contributed by atoms with Crippen molar-refractivity contribution in [2.24, 2.45) is 0 Å². The molecular formula is C30H30N4O6S2. The monoisotopic (exact) mass is 606 g/mol. The second-order valence-corrected chi connectivity index (χ2v) is 13.8. The van der Waals surface area contributed by atoms with Crippen molar-refractivity contribution < 1.29 is 26.3 Å². The number of fused-ring (bicyclic) bond motifs is 1. The summed E-state index contributed by atoms with van der Waals surface area (Å²) < 4.78 is 66.1. The Kier molecular flexibility index (Phi) is 7.78. The maximum absolute atomic E-state index is 14.0. The van der Waals surface area contributed by atoms with Crippen LogP contribution in [0.2, 0.25) is 0 Å². The Morgan fingerprint density at radius 2 is 1.60 bits per heavy atom. The van der Waals surface area contributed by atoms with Gasteiger partial charge in [-0.25, -0.2) is 25.8 Å². The lowest BCUT2D eigenvalue weighted by Gasteiger charge is -2.12. The first-order valence-corrected chi connectivity index (χ1v) is 16.3. The van der Waals surface area contributed by atoms with Gasteiger partial charge in [-0.3, -0.25) is 4.98 Å². The first kappa shape index (κ1) is 29.2. The van der Waals surface area contributed by atoms with Gasteiger partial charge < -0.3 is 9.47 Å². The first-order valence-electron chi connectivity index (χ1n) is 13.0. The van der Waals surface area contributed by atoms with Crippen LogP contribution in [0.15, 0.2) is 77.0 Å². The number of sulfone groups is 1. The average molecular weight is 607 g/mol. The molecule has 3 heterocycles. The molecule has 5 aromatic rings. The van der Waals surface area contributed by atoms with Gasteiger partial charge >= 0.3 is 0 Å². The summed E-state index contributed by atoms with van der Waals surface area (Å²) in [6, 6.07) is 15.6. The molecule has 0 atom stereocenters. The summed E-state index contributed by atoms with van der Waals surface area (Å²) in [5.74, 6) is 0.492. The predicted octanol–water partition coefficient (Wildman–Crippen LogP) is 4.57. The quantitative estimate of drug-likeness (QED) is 0.222. The molecule has 2 aromatic carbocycles. The largest absolute Gasteiger partial charge is 0.496 e. The third-order valence-corrected chi connectivity index (χ3v) is 9.38. The van der Waals surface area contributed by atoms with Gasteiger partial charge in [-0.15, -0.1) is 0 Å². The van der Waals surface area contributed by atoms with Crippen LogP contribution in [0.4, 0.5) is 0 Å². The van der Waals surface area contributed by atoms with Crippen LogP contribution in [0.25, 0.3) is 11.0 Å². The zero-order chi connectivity index (χ0) is 30.2. The zero-order valence-corrected chi connectivity index (χ0v) is 25.5. The second kappa shape index (κ2) is 11.2. The lowest BCUT2D eigenvalue weighted by Crippen LogP contribution is -2.14. The van der Waals surface area contributed by atoms with Gasteiger partial charge in [0.15, 0.2) is 0 Å². The van der Waals surface area contributed by atoms with E-state index >= 15 is 0 Å². The molecule has 0 unspecified atom stereocenters. The predicted molar refractivity (Wildman–Crippen MR) is 158 cm³/mol. The number of methoxy groups -OCH3 is 1. The second-order valence-electron chi connectivity index (χ2n) is 10.0. The van der Waals surface area contributed by atoms with Crippen molar-refractivity contribution in [3.05, 3.63) is 101 Å². The molecule has 0 amide bonds. The maximum atomic E-state index is 14.0. The molecule has 0 saturated heterocycles. The van der Waals surface area contributed by atoms with E-state index in [2.05, 4.69) is 15.0 Å². The van der Waals surface area contributed by atoms with Gasteiger partial charge in [-0.1, -0.05) is 48.0 Å². The molecule has 0 aliphatic carbocycles. The van der Waals surface area contributed by atoms with E-state index in [0.717, 1.165) is 32.5 Å². The summed E-state index contributed by atoms with van der Waals surface area (Å²) in [6.45, 7) is 5.63. The zero-order valence-electron chi connectivity index (χ0n) is 23.8. The molecule has 0 fully saturated rings. The highest BCUT2D eigenvalue weighted by atomic mass is 32.2. The van der Waals surface area contributed by atoms with Gasteiger partial charge in [-0.2, -0.15) is 4.98 Å². The molecule has 0 radical (unpaired) electrons. The van der Waals surface area contributed by atoms with Gasteiger partial charge in [-0.05, 0) is 38.5 Å². The van der Waals surface area contributed by atoms with Crippen molar-refractivity contribution in [1.82, 2.24) is 18.9 Å². The van der Waals surface area contributed by atoms with Gasteiger partial charge in [0.05, 0.1) is 17.7 Å². The van der Waals surface area contributed by atoms with E-state index in [0.29, 0.717) is 17.0 Å². The molecule has 42 heavy (non-hydrogen) atoms. The topological polar surface area (TPSA) is 130 Å². The van der Waals surface area contributed by atoms with E-state index in [1.165, 1.54) is 18.3 Å². The van der Waals surface area contributed by atoms with Gasteiger partial charge in [0.25, 0.3) is 15.2 Å². The SMILES string of the molecule is COc1c(C)cnc(Cc2cn(S(=O)(=O)c3ccc(C)cc3)c3c(OCc4ccccc4)nc(S(C)(=O)=O)nc23)c1C. The Labute approximate surface area is 245 Å². The average Bonchev–Trinajstić information content (AvgIpc) is 3.33. The number of ether oxygens (including phenoxy) is 2. The first-order chi connectivity index (χ1) is 19.9. The minimum Gasteiger partial charge on any atom is -0.496 e. The summed E-state index contributed by atoms with van der Waals surface area (Å²) in [6.07, 6.45) is 4.25. The number of nitrogens with zero attached hydrogens (tertiary/aromatic N) is 4. The minimum atomic E-state index is -4.18. The number of pyridine rings is 1. The van der Waals surface area contributed by atoms with Crippen molar-refractivity contribution in [3.8, 4) is 11.6 Å². The Bertz CT molecular complexity index is 2010. The van der Waals surface area contributed by atoms with Gasteiger partial charge in [0, 0.05) is 41.8 Å². The number of aryl methyl sites for hydroxylation is 2. The number of hydrogen-bond donors (Lipinski definition) is 0. The van der Waals surface area contributed by atoms with Crippen LogP contribution in [0.1, 0.15) is 33.5 Å². The summed E-state index contributed by atoms with van der Waals surface area (Å²) in [7, 11) is -6.50. The van der Waals surface area contributed by atoms with Crippen LogP contribution < -0.4 is 9.47 Å². The van der Waals surface area contributed by atoms with Crippen molar-refractivity contribution >= 4 is 30.9 Å². The number of hydrogen-bond acceptors (Lipinski definition) is 9. The normalized spacial score (nSPS) is 12.0. The van der Waals surface area contributed by atoms with E-state index in [9.17, 15) is 16.8 Å². The van der Waals surface area contributed by atoms with E-state index in [1.54, 1.807) is 25.4 Å². The molecule has 0 aliphatic heterocycles. The Morgan fingerprint density at radius 1 is 0.905 bits per heavy atom. The Hall–Kier alpha value is -4.29. The molecule has 5 rings (SSSR count). The number of benzene rings is 2. The summed E-state index contributed by atoms with van der Waals surface area (Å²) >= 11 is 0. The highest BCUT2D eigenvalue weighted by molar-refractivity contribution is 7.90. The molecule has 3 aromatic heterocycles. The fourth-order valence-electron chi connectivity index (χ4n) is 4.67. The third kappa shape index (κ3) is 5.59. The van der Waals surface area contributed by atoms with Gasteiger partial charge in [0.1, 0.15) is 23.4 Å². The standard InChI is InChI=1S/C30H30N4O6S2/c1-19-11-13-24(14-12-19)42(37,38)34-17-23(15-25-21(3)28(39-4)20(2)16-31-25)26-27(34)29(33-30(32-26)41(5,35)36)40-18-22-9-7-6-8-10-22/h6-14,16-17H,15,18H2,1-5H3.